The fourth-order valence-electron chi connectivity index (χ4n) is 2.28. The first-order chi connectivity index (χ1) is 13.1. The zero-order chi connectivity index (χ0) is 19.1. The van der Waals surface area contributed by atoms with Crippen LogP contribution in [0, 0.1) is 11.8 Å². The SMILES string of the molecule is NC(=NN=Cc1cc(-c2ccc(F)nc2)ccc1F)SCc1ccccc1. The molecule has 0 saturated heterocycles. The number of pyridine rings is 1. The summed E-state index contributed by atoms with van der Waals surface area (Å²) < 4.78 is 26.9. The van der Waals surface area contributed by atoms with Gasteiger partial charge in [-0.1, -0.05) is 48.2 Å². The molecule has 0 aliphatic carbocycles. The number of aromatic nitrogens is 1. The van der Waals surface area contributed by atoms with E-state index in [2.05, 4.69) is 15.2 Å². The first-order valence-electron chi connectivity index (χ1n) is 8.06. The van der Waals surface area contributed by atoms with Crippen molar-refractivity contribution in [2.75, 3.05) is 0 Å². The molecule has 4 nitrogen and oxygen atoms in total. The van der Waals surface area contributed by atoms with Gasteiger partial charge in [0.25, 0.3) is 0 Å². The van der Waals surface area contributed by atoms with Gasteiger partial charge in [0.15, 0.2) is 5.17 Å². The van der Waals surface area contributed by atoms with E-state index in [-0.39, 0.29) is 10.7 Å². The van der Waals surface area contributed by atoms with Crippen LogP contribution < -0.4 is 5.73 Å². The van der Waals surface area contributed by atoms with Gasteiger partial charge in [-0.15, -0.1) is 5.10 Å². The molecular weight excluding hydrogens is 366 g/mol. The van der Waals surface area contributed by atoms with Gasteiger partial charge in [-0.2, -0.15) is 9.49 Å². The topological polar surface area (TPSA) is 63.6 Å². The van der Waals surface area contributed by atoms with Gasteiger partial charge < -0.3 is 5.73 Å². The fraction of sp³-hybridized carbons (Fsp3) is 0.0500. The highest BCUT2D eigenvalue weighted by Gasteiger charge is 2.05. The van der Waals surface area contributed by atoms with Crippen molar-refractivity contribution in [2.45, 2.75) is 5.75 Å². The standard InChI is InChI=1S/C20H16F2N4S/c21-18-8-6-15(16-7-9-19(22)24-11-16)10-17(18)12-25-26-20(23)27-13-14-4-2-1-3-5-14/h1-12H,13H2,(H2,23,26). The third-order valence-corrected chi connectivity index (χ3v) is 4.49. The predicted molar refractivity (Wildman–Crippen MR) is 107 cm³/mol. The van der Waals surface area contributed by atoms with Gasteiger partial charge in [0, 0.05) is 23.1 Å². The van der Waals surface area contributed by atoms with Gasteiger partial charge in [0.05, 0.1) is 6.21 Å². The maximum Gasteiger partial charge on any atom is 0.212 e. The van der Waals surface area contributed by atoms with Crippen LogP contribution in [-0.4, -0.2) is 16.4 Å². The first-order valence-corrected chi connectivity index (χ1v) is 9.05. The molecule has 0 atom stereocenters. The second-order valence-electron chi connectivity index (χ2n) is 5.56. The molecule has 0 radical (unpaired) electrons. The van der Waals surface area contributed by atoms with Gasteiger partial charge in [-0.05, 0) is 35.4 Å². The number of benzene rings is 2. The summed E-state index contributed by atoms with van der Waals surface area (Å²) in [5.74, 6) is -0.337. The highest BCUT2D eigenvalue weighted by molar-refractivity contribution is 8.13. The Balaban J connectivity index is 1.68. The number of nitrogens with two attached hydrogens (primary N) is 1. The molecule has 3 aromatic rings. The Hall–Kier alpha value is -3.06. The molecule has 0 aliphatic rings. The molecule has 1 heterocycles. The van der Waals surface area contributed by atoms with Crippen molar-refractivity contribution in [2.24, 2.45) is 15.9 Å². The van der Waals surface area contributed by atoms with Crippen molar-refractivity contribution >= 4 is 23.1 Å². The predicted octanol–water partition coefficient (Wildman–Crippen LogP) is 4.61. The number of nitrogens with zero attached hydrogens (tertiary/aromatic N) is 3. The van der Waals surface area contributed by atoms with Crippen LogP contribution in [-0.2, 0) is 5.75 Å². The zero-order valence-electron chi connectivity index (χ0n) is 14.2. The van der Waals surface area contributed by atoms with Crippen LogP contribution in [0.3, 0.4) is 0 Å². The van der Waals surface area contributed by atoms with Crippen molar-refractivity contribution in [3.63, 3.8) is 0 Å². The van der Waals surface area contributed by atoms with Crippen LogP contribution in [0.2, 0.25) is 0 Å². The summed E-state index contributed by atoms with van der Waals surface area (Å²) in [6.45, 7) is 0. The van der Waals surface area contributed by atoms with E-state index in [0.29, 0.717) is 16.9 Å². The van der Waals surface area contributed by atoms with Gasteiger partial charge in [0.2, 0.25) is 5.95 Å². The maximum atomic E-state index is 14.0. The molecule has 0 amide bonds. The largest absolute Gasteiger partial charge is 0.377 e. The molecule has 3 rings (SSSR count). The van der Waals surface area contributed by atoms with E-state index in [0.717, 1.165) is 5.56 Å². The van der Waals surface area contributed by atoms with Crippen LogP contribution in [0.25, 0.3) is 11.1 Å². The van der Waals surface area contributed by atoms with Crippen LogP contribution in [0.15, 0.2) is 77.1 Å². The van der Waals surface area contributed by atoms with Crippen molar-refractivity contribution in [3.8, 4) is 11.1 Å². The lowest BCUT2D eigenvalue weighted by Crippen LogP contribution is -2.06. The van der Waals surface area contributed by atoms with Gasteiger partial charge in [0.1, 0.15) is 5.82 Å². The molecular formula is C20H16F2N4S. The summed E-state index contributed by atoms with van der Waals surface area (Å²) in [5, 5.41) is 8.04. The number of rotatable bonds is 5. The zero-order valence-corrected chi connectivity index (χ0v) is 15.0. The van der Waals surface area contributed by atoms with Crippen LogP contribution in [0.1, 0.15) is 11.1 Å². The molecule has 0 bridgehead atoms. The second kappa shape index (κ2) is 9.05. The molecule has 1 aromatic heterocycles. The number of halogens is 2. The third kappa shape index (κ3) is 5.46. The minimum absolute atomic E-state index is 0.251. The summed E-state index contributed by atoms with van der Waals surface area (Å²) >= 11 is 1.35. The highest BCUT2D eigenvalue weighted by atomic mass is 32.2. The van der Waals surface area contributed by atoms with Crippen molar-refractivity contribution < 1.29 is 8.78 Å². The summed E-state index contributed by atoms with van der Waals surface area (Å²) in [6, 6.07) is 17.2. The van der Waals surface area contributed by atoms with Crippen molar-refractivity contribution in [1.82, 2.24) is 4.98 Å². The minimum Gasteiger partial charge on any atom is -0.377 e. The summed E-state index contributed by atoms with van der Waals surface area (Å²) in [7, 11) is 0. The van der Waals surface area contributed by atoms with Crippen molar-refractivity contribution in [3.05, 3.63) is 89.8 Å². The van der Waals surface area contributed by atoms with E-state index in [1.54, 1.807) is 18.2 Å². The molecule has 2 aromatic carbocycles. The lowest BCUT2D eigenvalue weighted by Gasteiger charge is -2.03. The average molecular weight is 382 g/mol. The molecule has 2 N–H and O–H groups in total. The van der Waals surface area contributed by atoms with Crippen LogP contribution >= 0.6 is 11.8 Å². The number of thioether (sulfide) groups is 1. The monoisotopic (exact) mass is 382 g/mol. The lowest BCUT2D eigenvalue weighted by molar-refractivity contribution is 0.584. The van der Waals surface area contributed by atoms with Gasteiger partial charge >= 0.3 is 0 Å². The molecule has 0 spiro atoms. The molecule has 0 unspecified atom stereocenters. The first kappa shape index (κ1) is 18.7. The Kier molecular flexibility index (Phi) is 6.27. The summed E-state index contributed by atoms with van der Waals surface area (Å²) in [6.07, 6.45) is 2.69. The van der Waals surface area contributed by atoms with E-state index in [9.17, 15) is 8.78 Å². The molecule has 7 heteroatoms. The van der Waals surface area contributed by atoms with Crippen molar-refractivity contribution in [1.29, 1.82) is 0 Å². The number of amidine groups is 1. The number of hydrogen-bond acceptors (Lipinski definition) is 4. The third-order valence-electron chi connectivity index (χ3n) is 3.64. The van der Waals surface area contributed by atoms with Crippen LogP contribution in [0.4, 0.5) is 8.78 Å². The summed E-state index contributed by atoms with van der Waals surface area (Å²) in [4.78, 5) is 3.60. The Morgan fingerprint density at radius 1 is 1.04 bits per heavy atom. The van der Waals surface area contributed by atoms with E-state index in [4.69, 9.17) is 5.73 Å². The average Bonchev–Trinajstić information content (AvgIpc) is 2.69. The molecule has 0 fully saturated rings. The lowest BCUT2D eigenvalue weighted by atomic mass is 10.0. The highest BCUT2D eigenvalue weighted by Crippen LogP contribution is 2.21. The fourth-order valence-corrected chi connectivity index (χ4v) is 2.89. The molecule has 0 saturated carbocycles. The Labute approximate surface area is 159 Å². The van der Waals surface area contributed by atoms with E-state index < -0.39 is 11.8 Å². The Morgan fingerprint density at radius 3 is 2.56 bits per heavy atom. The maximum absolute atomic E-state index is 14.0. The normalized spacial score (nSPS) is 11.9. The van der Waals surface area contributed by atoms with E-state index in [1.807, 2.05) is 30.3 Å². The quantitative estimate of drug-likeness (QED) is 0.303. The molecule has 136 valence electrons. The number of hydrogen-bond donors (Lipinski definition) is 1. The van der Waals surface area contributed by atoms with E-state index in [1.165, 1.54) is 36.3 Å². The smallest absolute Gasteiger partial charge is 0.212 e. The van der Waals surface area contributed by atoms with E-state index >= 15 is 0 Å². The summed E-state index contributed by atoms with van der Waals surface area (Å²) in [5.41, 5.74) is 8.56. The van der Waals surface area contributed by atoms with Gasteiger partial charge in [-0.3, -0.25) is 0 Å². The second-order valence-corrected chi connectivity index (χ2v) is 6.56. The Morgan fingerprint density at radius 2 is 1.81 bits per heavy atom. The van der Waals surface area contributed by atoms with Crippen LogP contribution in [0.5, 0.6) is 0 Å². The Bertz CT molecular complexity index is 957. The molecule has 0 aliphatic heterocycles. The minimum atomic E-state index is -0.569. The van der Waals surface area contributed by atoms with Gasteiger partial charge in [-0.25, -0.2) is 9.37 Å². The molecule has 27 heavy (non-hydrogen) atoms.